The molecule has 0 bridgehead atoms. The van der Waals surface area contributed by atoms with Gasteiger partial charge in [0.25, 0.3) is 5.91 Å². The molecule has 1 fully saturated rings. The van der Waals surface area contributed by atoms with Crippen molar-refractivity contribution in [3.05, 3.63) is 35.4 Å². The van der Waals surface area contributed by atoms with Gasteiger partial charge in [-0.15, -0.1) is 0 Å². The lowest BCUT2D eigenvalue weighted by atomic mass is 10.1. The Hall–Kier alpha value is -1.88. The van der Waals surface area contributed by atoms with Crippen LogP contribution < -0.4 is 5.32 Å². The number of rotatable bonds is 5. The second kappa shape index (κ2) is 6.52. The van der Waals surface area contributed by atoms with Crippen molar-refractivity contribution in [2.45, 2.75) is 25.8 Å². The topological polar surface area (TPSA) is 69.6 Å². The van der Waals surface area contributed by atoms with E-state index < -0.39 is 5.97 Å². The molecule has 5 nitrogen and oxygen atoms in total. The van der Waals surface area contributed by atoms with Crippen molar-refractivity contribution in [2.75, 3.05) is 19.6 Å². The summed E-state index contributed by atoms with van der Waals surface area (Å²) in [5, 5.41) is 11.8. The summed E-state index contributed by atoms with van der Waals surface area (Å²) in [6.07, 6.45) is 2.44. The summed E-state index contributed by atoms with van der Waals surface area (Å²) >= 11 is 0. The molecule has 0 saturated carbocycles. The quantitative estimate of drug-likeness (QED) is 0.857. The van der Waals surface area contributed by atoms with Crippen molar-refractivity contribution in [3.63, 3.8) is 0 Å². The zero-order valence-electron chi connectivity index (χ0n) is 11.6. The van der Waals surface area contributed by atoms with Crippen LogP contribution in [0.25, 0.3) is 0 Å². The number of hydrogen-bond acceptors (Lipinski definition) is 3. The highest BCUT2D eigenvalue weighted by molar-refractivity contribution is 5.97. The summed E-state index contributed by atoms with van der Waals surface area (Å²) in [6.45, 7) is 4.85. The molecule has 1 aromatic rings. The van der Waals surface area contributed by atoms with Crippen molar-refractivity contribution < 1.29 is 14.7 Å². The summed E-state index contributed by atoms with van der Waals surface area (Å²) < 4.78 is 0. The second-order valence-corrected chi connectivity index (χ2v) is 5.19. The Morgan fingerprint density at radius 1 is 1.30 bits per heavy atom. The van der Waals surface area contributed by atoms with Crippen LogP contribution in [0.15, 0.2) is 24.3 Å². The molecule has 0 aliphatic carbocycles. The molecule has 1 atom stereocenters. The number of carboxylic acids is 1. The maximum atomic E-state index is 12.0. The van der Waals surface area contributed by atoms with Gasteiger partial charge in [0.15, 0.2) is 0 Å². The Bertz CT molecular complexity index is 496. The van der Waals surface area contributed by atoms with E-state index in [0.717, 1.165) is 13.1 Å². The molecule has 0 radical (unpaired) electrons. The standard InChI is InChI=1S/C15H20N2O3/c1-11(17-7-2-3-8-17)10-16-14(18)12-5-4-6-13(9-12)15(19)20/h4-6,9,11H,2-3,7-8,10H2,1H3,(H,16,18)(H,19,20). The average Bonchev–Trinajstić information content (AvgIpc) is 2.98. The summed E-state index contributed by atoms with van der Waals surface area (Å²) in [5.74, 6) is -1.25. The van der Waals surface area contributed by atoms with Gasteiger partial charge < -0.3 is 10.4 Å². The van der Waals surface area contributed by atoms with Crippen LogP contribution in [0.1, 0.15) is 40.5 Å². The molecule has 1 aliphatic heterocycles. The fourth-order valence-electron chi connectivity index (χ4n) is 2.45. The van der Waals surface area contributed by atoms with E-state index in [1.807, 2.05) is 0 Å². The maximum absolute atomic E-state index is 12.0. The Morgan fingerprint density at radius 2 is 1.95 bits per heavy atom. The molecule has 108 valence electrons. The van der Waals surface area contributed by atoms with Gasteiger partial charge in [-0.05, 0) is 51.1 Å². The predicted octanol–water partition coefficient (Wildman–Crippen LogP) is 1.60. The first kappa shape index (κ1) is 14.5. The highest BCUT2D eigenvalue weighted by Crippen LogP contribution is 2.11. The zero-order valence-corrected chi connectivity index (χ0v) is 11.6. The molecule has 1 aliphatic rings. The van der Waals surface area contributed by atoms with Crippen molar-refractivity contribution in [1.82, 2.24) is 10.2 Å². The van der Waals surface area contributed by atoms with Gasteiger partial charge in [0.05, 0.1) is 5.56 Å². The lowest BCUT2D eigenvalue weighted by molar-refractivity contribution is 0.0697. The number of carbonyl (C=O) groups excluding carboxylic acids is 1. The minimum atomic E-state index is -1.02. The monoisotopic (exact) mass is 276 g/mol. The largest absolute Gasteiger partial charge is 0.478 e. The third-order valence-corrected chi connectivity index (χ3v) is 3.69. The van der Waals surface area contributed by atoms with Crippen LogP contribution in [0.4, 0.5) is 0 Å². The molecule has 2 rings (SSSR count). The van der Waals surface area contributed by atoms with E-state index in [1.54, 1.807) is 12.1 Å². The van der Waals surface area contributed by atoms with Crippen LogP contribution in [0, 0.1) is 0 Å². The fraction of sp³-hybridized carbons (Fsp3) is 0.467. The number of hydrogen-bond donors (Lipinski definition) is 2. The number of amides is 1. The third-order valence-electron chi connectivity index (χ3n) is 3.69. The molecule has 0 aromatic heterocycles. The zero-order chi connectivity index (χ0) is 14.5. The lowest BCUT2D eigenvalue weighted by Crippen LogP contribution is -2.40. The van der Waals surface area contributed by atoms with Gasteiger partial charge >= 0.3 is 5.97 Å². The second-order valence-electron chi connectivity index (χ2n) is 5.19. The molecule has 1 aromatic carbocycles. The van der Waals surface area contributed by atoms with Crippen LogP contribution in [-0.4, -0.2) is 47.6 Å². The van der Waals surface area contributed by atoms with Gasteiger partial charge in [0, 0.05) is 18.2 Å². The number of carboxylic acid groups (broad SMARTS) is 1. The molecular weight excluding hydrogens is 256 g/mol. The van der Waals surface area contributed by atoms with Gasteiger partial charge in [0.1, 0.15) is 0 Å². The van der Waals surface area contributed by atoms with E-state index in [2.05, 4.69) is 17.1 Å². The number of benzene rings is 1. The van der Waals surface area contributed by atoms with Gasteiger partial charge in [-0.2, -0.15) is 0 Å². The molecular formula is C15H20N2O3. The number of nitrogens with one attached hydrogen (secondary N) is 1. The van der Waals surface area contributed by atoms with Crippen LogP contribution in [0.5, 0.6) is 0 Å². The first-order valence-corrected chi connectivity index (χ1v) is 6.93. The Balaban J connectivity index is 1.91. The summed E-state index contributed by atoms with van der Waals surface area (Å²) in [4.78, 5) is 25.2. The van der Waals surface area contributed by atoms with Gasteiger partial charge in [-0.3, -0.25) is 9.69 Å². The molecule has 2 N–H and O–H groups in total. The lowest BCUT2D eigenvalue weighted by Gasteiger charge is -2.23. The van der Waals surface area contributed by atoms with E-state index >= 15 is 0 Å². The first-order valence-electron chi connectivity index (χ1n) is 6.93. The van der Waals surface area contributed by atoms with Crippen LogP contribution in [-0.2, 0) is 0 Å². The molecule has 1 saturated heterocycles. The minimum absolute atomic E-state index is 0.130. The van der Waals surface area contributed by atoms with Gasteiger partial charge in [-0.25, -0.2) is 4.79 Å². The van der Waals surface area contributed by atoms with Crippen molar-refractivity contribution in [2.24, 2.45) is 0 Å². The number of nitrogens with zero attached hydrogens (tertiary/aromatic N) is 1. The van der Waals surface area contributed by atoms with E-state index in [0.29, 0.717) is 18.2 Å². The molecule has 1 unspecified atom stereocenters. The summed E-state index contributed by atoms with van der Waals surface area (Å²) in [5.41, 5.74) is 0.517. The van der Waals surface area contributed by atoms with E-state index in [9.17, 15) is 9.59 Å². The highest BCUT2D eigenvalue weighted by atomic mass is 16.4. The van der Waals surface area contributed by atoms with Crippen LogP contribution in [0.2, 0.25) is 0 Å². The Labute approximate surface area is 118 Å². The summed E-state index contributed by atoms with van der Waals surface area (Å²) in [6, 6.07) is 6.40. The highest BCUT2D eigenvalue weighted by Gasteiger charge is 2.18. The molecule has 5 heteroatoms. The van der Waals surface area contributed by atoms with Gasteiger partial charge in [-0.1, -0.05) is 6.07 Å². The van der Waals surface area contributed by atoms with E-state index in [4.69, 9.17) is 5.11 Å². The molecule has 0 spiro atoms. The number of aromatic carboxylic acids is 1. The van der Waals surface area contributed by atoms with Crippen LogP contribution in [0.3, 0.4) is 0 Å². The van der Waals surface area contributed by atoms with E-state index in [1.165, 1.54) is 25.0 Å². The third kappa shape index (κ3) is 3.57. The Morgan fingerprint density at radius 3 is 2.60 bits per heavy atom. The summed E-state index contributed by atoms with van der Waals surface area (Å²) in [7, 11) is 0. The average molecular weight is 276 g/mol. The predicted molar refractivity (Wildman–Crippen MR) is 76.0 cm³/mol. The molecule has 20 heavy (non-hydrogen) atoms. The van der Waals surface area contributed by atoms with Crippen molar-refractivity contribution in [1.29, 1.82) is 0 Å². The normalized spacial score (nSPS) is 16.9. The minimum Gasteiger partial charge on any atom is -0.478 e. The van der Waals surface area contributed by atoms with Gasteiger partial charge in [0.2, 0.25) is 0 Å². The Kier molecular flexibility index (Phi) is 4.74. The van der Waals surface area contributed by atoms with Crippen molar-refractivity contribution >= 4 is 11.9 Å². The SMILES string of the molecule is CC(CNC(=O)c1cccc(C(=O)O)c1)N1CCCC1. The smallest absolute Gasteiger partial charge is 0.335 e. The maximum Gasteiger partial charge on any atom is 0.335 e. The first-order chi connectivity index (χ1) is 9.58. The number of likely N-dealkylation sites (tertiary alicyclic amines) is 1. The molecule has 1 amide bonds. The number of carbonyl (C=O) groups is 2. The van der Waals surface area contributed by atoms with E-state index in [-0.39, 0.29) is 11.5 Å². The van der Waals surface area contributed by atoms with Crippen LogP contribution >= 0.6 is 0 Å². The molecule has 1 heterocycles. The fourth-order valence-corrected chi connectivity index (χ4v) is 2.45. The van der Waals surface area contributed by atoms with Crippen molar-refractivity contribution in [3.8, 4) is 0 Å².